The number of benzene rings is 1. The van der Waals surface area contributed by atoms with Gasteiger partial charge in [-0.05, 0) is 17.0 Å². The smallest absolute Gasteiger partial charge is 0.107 e. The number of aliphatic hydroxyl groups is 1. The van der Waals surface area contributed by atoms with Crippen molar-refractivity contribution >= 4 is 11.3 Å². The largest absolute Gasteiger partial charge is 0.388 e. The normalized spacial score (nSPS) is 16.5. The molecule has 0 saturated carbocycles. The molecule has 0 amide bonds. The van der Waals surface area contributed by atoms with Crippen LogP contribution in [-0.2, 0) is 17.8 Å². The second-order valence-electron chi connectivity index (χ2n) is 7.10. The third-order valence-electron chi connectivity index (χ3n) is 4.97. The summed E-state index contributed by atoms with van der Waals surface area (Å²) in [6, 6.07) is 14.5. The van der Waals surface area contributed by atoms with E-state index < -0.39 is 5.60 Å². The molecule has 1 saturated heterocycles. The number of aromatic nitrogens is 2. The molecule has 0 aliphatic carbocycles. The number of hydrogen-bond acceptors (Lipinski definition) is 5. The molecule has 1 aromatic carbocycles. The number of ether oxygens (including phenoxy) is 1. The summed E-state index contributed by atoms with van der Waals surface area (Å²) in [6.07, 6.45) is 3.49. The average molecular weight is 384 g/mol. The van der Waals surface area contributed by atoms with Crippen LogP contribution < -0.4 is 5.32 Å². The van der Waals surface area contributed by atoms with Crippen molar-refractivity contribution < 1.29 is 9.84 Å². The predicted molar refractivity (Wildman–Crippen MR) is 108 cm³/mol. The van der Waals surface area contributed by atoms with Gasteiger partial charge in [-0.1, -0.05) is 36.4 Å². The lowest BCUT2D eigenvalue weighted by atomic mass is 9.94. The summed E-state index contributed by atoms with van der Waals surface area (Å²) in [6.45, 7) is 3.27. The summed E-state index contributed by atoms with van der Waals surface area (Å²) < 4.78 is 7.36. The van der Waals surface area contributed by atoms with Gasteiger partial charge in [-0.2, -0.15) is 5.10 Å². The summed E-state index contributed by atoms with van der Waals surface area (Å²) in [5, 5.41) is 21.0. The van der Waals surface area contributed by atoms with Crippen LogP contribution in [0.25, 0.3) is 10.6 Å². The van der Waals surface area contributed by atoms with Gasteiger partial charge in [0.15, 0.2) is 0 Å². The lowest BCUT2D eigenvalue weighted by Crippen LogP contribution is -2.44. The summed E-state index contributed by atoms with van der Waals surface area (Å²) in [7, 11) is 0. The van der Waals surface area contributed by atoms with E-state index in [1.807, 2.05) is 10.7 Å². The van der Waals surface area contributed by atoms with E-state index in [0.29, 0.717) is 39.1 Å². The Labute approximate surface area is 163 Å². The van der Waals surface area contributed by atoms with Gasteiger partial charge in [0, 0.05) is 50.9 Å². The van der Waals surface area contributed by atoms with Crippen molar-refractivity contribution in [1.29, 1.82) is 0 Å². The molecule has 2 N–H and O–H groups in total. The number of hydrogen-bond donors (Lipinski definition) is 2. The van der Waals surface area contributed by atoms with Gasteiger partial charge in [0.2, 0.25) is 0 Å². The van der Waals surface area contributed by atoms with Gasteiger partial charge < -0.3 is 15.2 Å². The molecular weight excluding hydrogens is 358 g/mol. The second-order valence-corrected chi connectivity index (χ2v) is 8.05. The average Bonchev–Trinajstić information content (AvgIpc) is 3.33. The number of rotatable bonds is 7. The Morgan fingerprint density at radius 2 is 1.96 bits per heavy atom. The fourth-order valence-corrected chi connectivity index (χ4v) is 4.17. The highest BCUT2D eigenvalue weighted by Gasteiger charge is 2.29. The first-order valence-corrected chi connectivity index (χ1v) is 10.2. The van der Waals surface area contributed by atoms with Gasteiger partial charge in [0.1, 0.15) is 5.69 Å². The number of nitrogens with zero attached hydrogens (tertiary/aromatic N) is 2. The van der Waals surface area contributed by atoms with Crippen LogP contribution in [0.2, 0.25) is 0 Å². The van der Waals surface area contributed by atoms with Crippen LogP contribution in [0.5, 0.6) is 0 Å². The summed E-state index contributed by atoms with van der Waals surface area (Å²) >= 11 is 1.70. The molecule has 2 aromatic heterocycles. The summed E-state index contributed by atoms with van der Waals surface area (Å²) in [5.74, 6) is 0. The first-order chi connectivity index (χ1) is 13.2. The van der Waals surface area contributed by atoms with E-state index in [1.165, 1.54) is 10.4 Å². The van der Waals surface area contributed by atoms with Crippen molar-refractivity contribution in [2.45, 2.75) is 31.5 Å². The van der Waals surface area contributed by atoms with Gasteiger partial charge in [0.25, 0.3) is 0 Å². The first kappa shape index (κ1) is 18.4. The minimum absolute atomic E-state index is 0.574. The fraction of sp³-hybridized carbons (Fsp3) is 0.381. The molecule has 27 heavy (non-hydrogen) atoms. The minimum atomic E-state index is -0.665. The molecule has 142 valence electrons. The Morgan fingerprint density at radius 3 is 2.70 bits per heavy atom. The molecule has 0 atom stereocenters. The molecule has 5 nitrogen and oxygen atoms in total. The van der Waals surface area contributed by atoms with Crippen molar-refractivity contribution in [3.8, 4) is 10.6 Å². The van der Waals surface area contributed by atoms with Crippen LogP contribution in [-0.4, -0.2) is 40.2 Å². The highest BCUT2D eigenvalue weighted by molar-refractivity contribution is 7.13. The lowest BCUT2D eigenvalue weighted by molar-refractivity contribution is -0.0616. The molecule has 1 aliphatic heterocycles. The van der Waals surface area contributed by atoms with Crippen LogP contribution in [0.1, 0.15) is 24.0 Å². The zero-order chi connectivity index (χ0) is 18.5. The standard InChI is InChI=1S/C21H25N3O2S/c25-21(8-10-26-11-9-21)16-22-13-18-15-24(14-17-5-2-1-3-6-17)23-20(18)19-7-4-12-27-19/h1-7,12,15,22,25H,8-11,13-14,16H2. The maximum atomic E-state index is 10.6. The highest BCUT2D eigenvalue weighted by atomic mass is 32.1. The Balaban J connectivity index is 1.48. The topological polar surface area (TPSA) is 59.3 Å². The Hall–Kier alpha value is -1.99. The zero-order valence-electron chi connectivity index (χ0n) is 15.3. The summed E-state index contributed by atoms with van der Waals surface area (Å²) in [5.41, 5.74) is 2.74. The molecule has 1 aliphatic rings. The quantitative estimate of drug-likeness (QED) is 0.657. The molecule has 6 heteroatoms. The van der Waals surface area contributed by atoms with Crippen LogP contribution >= 0.6 is 11.3 Å². The minimum Gasteiger partial charge on any atom is -0.388 e. The second kappa shape index (κ2) is 8.35. The van der Waals surface area contributed by atoms with Crippen molar-refractivity contribution in [3.63, 3.8) is 0 Å². The maximum Gasteiger partial charge on any atom is 0.107 e. The SMILES string of the molecule is OC1(CNCc2cn(Cc3ccccc3)nc2-c2cccs2)CCOCC1. The molecule has 0 unspecified atom stereocenters. The lowest BCUT2D eigenvalue weighted by Gasteiger charge is -2.32. The van der Waals surface area contributed by atoms with E-state index in [1.54, 1.807) is 11.3 Å². The van der Waals surface area contributed by atoms with E-state index in [-0.39, 0.29) is 0 Å². The third kappa shape index (κ3) is 4.65. The van der Waals surface area contributed by atoms with Crippen molar-refractivity contribution in [3.05, 3.63) is 65.2 Å². The van der Waals surface area contributed by atoms with E-state index in [0.717, 1.165) is 17.8 Å². The van der Waals surface area contributed by atoms with E-state index in [4.69, 9.17) is 9.84 Å². The van der Waals surface area contributed by atoms with Crippen LogP contribution in [0.3, 0.4) is 0 Å². The predicted octanol–water partition coefficient (Wildman–Crippen LogP) is 3.29. The van der Waals surface area contributed by atoms with Crippen LogP contribution in [0.4, 0.5) is 0 Å². The Morgan fingerprint density at radius 1 is 1.15 bits per heavy atom. The van der Waals surface area contributed by atoms with E-state index >= 15 is 0 Å². The third-order valence-corrected chi connectivity index (χ3v) is 5.85. The molecule has 3 aromatic rings. The van der Waals surface area contributed by atoms with Gasteiger partial charge in [0.05, 0.1) is 17.0 Å². The molecule has 0 radical (unpaired) electrons. The number of thiophene rings is 1. The molecule has 0 bridgehead atoms. The monoisotopic (exact) mass is 383 g/mol. The van der Waals surface area contributed by atoms with Gasteiger partial charge in [-0.3, -0.25) is 4.68 Å². The Bertz CT molecular complexity index is 840. The Kier molecular flexibility index (Phi) is 5.69. The maximum absolute atomic E-state index is 10.6. The van der Waals surface area contributed by atoms with Gasteiger partial charge >= 0.3 is 0 Å². The van der Waals surface area contributed by atoms with E-state index in [9.17, 15) is 5.11 Å². The first-order valence-electron chi connectivity index (χ1n) is 9.37. The number of nitrogens with one attached hydrogen (secondary N) is 1. The fourth-order valence-electron chi connectivity index (χ4n) is 3.42. The van der Waals surface area contributed by atoms with E-state index in [2.05, 4.69) is 53.3 Å². The van der Waals surface area contributed by atoms with Crippen molar-refractivity contribution in [2.24, 2.45) is 0 Å². The molecule has 0 spiro atoms. The molecule has 4 rings (SSSR count). The van der Waals surface area contributed by atoms with Crippen LogP contribution in [0.15, 0.2) is 54.0 Å². The van der Waals surface area contributed by atoms with Crippen molar-refractivity contribution in [2.75, 3.05) is 19.8 Å². The van der Waals surface area contributed by atoms with Crippen molar-refractivity contribution in [1.82, 2.24) is 15.1 Å². The zero-order valence-corrected chi connectivity index (χ0v) is 16.1. The van der Waals surface area contributed by atoms with Gasteiger partial charge in [-0.25, -0.2) is 0 Å². The molecule has 3 heterocycles. The molecule has 1 fully saturated rings. The highest BCUT2D eigenvalue weighted by Crippen LogP contribution is 2.27. The molecular formula is C21H25N3O2S. The summed E-state index contributed by atoms with van der Waals surface area (Å²) in [4.78, 5) is 1.17. The van der Waals surface area contributed by atoms with Crippen LogP contribution in [0, 0.1) is 0 Å². The van der Waals surface area contributed by atoms with Gasteiger partial charge in [-0.15, -0.1) is 11.3 Å².